The van der Waals surface area contributed by atoms with Crippen molar-refractivity contribution in [3.63, 3.8) is 0 Å². The van der Waals surface area contributed by atoms with Gasteiger partial charge in [0.25, 0.3) is 5.91 Å². The van der Waals surface area contributed by atoms with E-state index in [9.17, 15) is 4.79 Å². The normalized spacial score (nSPS) is 10.5. The average molecular weight is 249 g/mol. The summed E-state index contributed by atoms with van der Waals surface area (Å²) in [6, 6.07) is 4.05. The Morgan fingerprint density at radius 3 is 2.94 bits per heavy atom. The van der Waals surface area contributed by atoms with Crippen molar-refractivity contribution < 1.29 is 4.79 Å². The van der Waals surface area contributed by atoms with Crippen LogP contribution in [0, 0.1) is 6.92 Å². The lowest BCUT2D eigenvalue weighted by molar-refractivity contribution is 0.0753. The molecule has 90 valence electrons. The van der Waals surface area contributed by atoms with Crippen LogP contribution >= 0.6 is 11.3 Å². The van der Waals surface area contributed by atoms with E-state index in [1.165, 1.54) is 4.88 Å². The lowest BCUT2D eigenvalue weighted by atomic mass is 10.2. The summed E-state index contributed by atoms with van der Waals surface area (Å²) in [4.78, 5) is 15.3. The highest BCUT2D eigenvalue weighted by Crippen LogP contribution is 2.15. The minimum absolute atomic E-state index is 0.0344. The molecule has 0 radical (unpaired) electrons. The first-order chi connectivity index (χ1) is 8.22. The highest BCUT2D eigenvalue weighted by atomic mass is 32.1. The van der Waals surface area contributed by atoms with Crippen LogP contribution in [0.1, 0.15) is 27.9 Å². The van der Waals surface area contributed by atoms with Crippen LogP contribution in [-0.4, -0.2) is 27.5 Å². The summed E-state index contributed by atoms with van der Waals surface area (Å²) in [5.74, 6) is 0.0344. The Morgan fingerprint density at radius 1 is 1.59 bits per heavy atom. The molecule has 0 fully saturated rings. The van der Waals surface area contributed by atoms with E-state index >= 15 is 0 Å². The van der Waals surface area contributed by atoms with Crippen molar-refractivity contribution >= 4 is 17.2 Å². The third-order valence-electron chi connectivity index (χ3n) is 2.66. The first-order valence-electron chi connectivity index (χ1n) is 5.54. The van der Waals surface area contributed by atoms with Gasteiger partial charge in [0.1, 0.15) is 0 Å². The van der Waals surface area contributed by atoms with Crippen LogP contribution in [0.25, 0.3) is 0 Å². The van der Waals surface area contributed by atoms with Gasteiger partial charge in [0.2, 0.25) is 0 Å². The molecular formula is C12H15N3OS. The molecule has 0 atom stereocenters. The van der Waals surface area contributed by atoms with Crippen LogP contribution < -0.4 is 0 Å². The summed E-state index contributed by atoms with van der Waals surface area (Å²) >= 11 is 1.67. The number of H-pyrrole nitrogens is 1. The Bertz CT molecular complexity index is 490. The second-order valence-corrected chi connectivity index (χ2v) is 4.84. The SMILES string of the molecule is CCN(Cc1cccs1)C(=O)c1cn[nH]c1C. The lowest BCUT2D eigenvalue weighted by Crippen LogP contribution is -2.30. The van der Waals surface area contributed by atoms with Crippen LogP contribution in [0.4, 0.5) is 0 Å². The summed E-state index contributed by atoms with van der Waals surface area (Å²) in [7, 11) is 0. The van der Waals surface area contributed by atoms with Crippen molar-refractivity contribution in [1.29, 1.82) is 0 Å². The number of nitrogens with one attached hydrogen (secondary N) is 1. The van der Waals surface area contributed by atoms with E-state index in [1.807, 2.05) is 36.3 Å². The molecule has 0 saturated heterocycles. The molecule has 0 bridgehead atoms. The van der Waals surface area contributed by atoms with Gasteiger partial charge in [0.05, 0.1) is 18.3 Å². The molecule has 0 spiro atoms. The Kier molecular flexibility index (Phi) is 3.58. The molecule has 0 aliphatic carbocycles. The number of nitrogens with zero attached hydrogens (tertiary/aromatic N) is 2. The van der Waals surface area contributed by atoms with Gasteiger partial charge in [-0.25, -0.2) is 0 Å². The van der Waals surface area contributed by atoms with E-state index in [0.29, 0.717) is 18.7 Å². The van der Waals surface area contributed by atoms with Gasteiger partial charge in [-0.2, -0.15) is 5.10 Å². The molecule has 0 aromatic carbocycles. The topological polar surface area (TPSA) is 49.0 Å². The van der Waals surface area contributed by atoms with E-state index in [-0.39, 0.29) is 5.91 Å². The van der Waals surface area contributed by atoms with Gasteiger partial charge < -0.3 is 4.90 Å². The van der Waals surface area contributed by atoms with Gasteiger partial charge in [-0.15, -0.1) is 11.3 Å². The number of rotatable bonds is 4. The third-order valence-corrected chi connectivity index (χ3v) is 3.52. The van der Waals surface area contributed by atoms with Gasteiger partial charge in [0, 0.05) is 17.1 Å². The van der Waals surface area contributed by atoms with Crippen LogP contribution in [0.15, 0.2) is 23.7 Å². The molecule has 0 aliphatic heterocycles. The molecule has 2 aromatic heterocycles. The minimum Gasteiger partial charge on any atom is -0.334 e. The molecule has 5 heteroatoms. The van der Waals surface area contributed by atoms with Crippen molar-refractivity contribution in [3.8, 4) is 0 Å². The van der Waals surface area contributed by atoms with E-state index < -0.39 is 0 Å². The van der Waals surface area contributed by atoms with Crippen molar-refractivity contribution in [2.75, 3.05) is 6.54 Å². The van der Waals surface area contributed by atoms with Crippen LogP contribution in [0.5, 0.6) is 0 Å². The van der Waals surface area contributed by atoms with Crippen molar-refractivity contribution in [2.45, 2.75) is 20.4 Å². The third kappa shape index (κ3) is 2.55. The van der Waals surface area contributed by atoms with Gasteiger partial charge in [-0.1, -0.05) is 6.07 Å². The maximum Gasteiger partial charge on any atom is 0.257 e. The number of thiophene rings is 1. The highest BCUT2D eigenvalue weighted by Gasteiger charge is 2.17. The van der Waals surface area contributed by atoms with Gasteiger partial charge in [0.15, 0.2) is 0 Å². The smallest absolute Gasteiger partial charge is 0.257 e. The Hall–Kier alpha value is -1.62. The summed E-state index contributed by atoms with van der Waals surface area (Å²) < 4.78 is 0. The zero-order valence-electron chi connectivity index (χ0n) is 9.93. The molecule has 2 aromatic rings. The predicted octanol–water partition coefficient (Wildman–Crippen LogP) is 2.44. The molecule has 1 N–H and O–H groups in total. The second kappa shape index (κ2) is 5.14. The number of aromatic amines is 1. The Balaban J connectivity index is 2.14. The van der Waals surface area contributed by atoms with Crippen molar-refractivity contribution in [1.82, 2.24) is 15.1 Å². The summed E-state index contributed by atoms with van der Waals surface area (Å²) in [6.45, 7) is 5.21. The molecule has 1 amide bonds. The average Bonchev–Trinajstić information content (AvgIpc) is 2.96. The standard InChI is InChI=1S/C12H15N3OS/c1-3-15(8-10-5-4-6-17-10)12(16)11-7-13-14-9(11)2/h4-7H,3,8H2,1-2H3,(H,13,14). The monoisotopic (exact) mass is 249 g/mol. The lowest BCUT2D eigenvalue weighted by Gasteiger charge is -2.19. The summed E-state index contributed by atoms with van der Waals surface area (Å²) in [5, 5.41) is 8.70. The highest BCUT2D eigenvalue weighted by molar-refractivity contribution is 7.09. The zero-order chi connectivity index (χ0) is 12.3. The molecule has 0 saturated carbocycles. The molecule has 0 aliphatic rings. The summed E-state index contributed by atoms with van der Waals surface area (Å²) in [6.07, 6.45) is 1.59. The predicted molar refractivity (Wildman–Crippen MR) is 68.1 cm³/mol. The van der Waals surface area contributed by atoms with Crippen molar-refractivity contribution in [3.05, 3.63) is 39.8 Å². The summed E-state index contributed by atoms with van der Waals surface area (Å²) in [5.41, 5.74) is 1.48. The van der Waals surface area contributed by atoms with Crippen LogP contribution in [-0.2, 0) is 6.54 Å². The zero-order valence-corrected chi connectivity index (χ0v) is 10.8. The number of hydrogen-bond acceptors (Lipinski definition) is 3. The van der Waals surface area contributed by atoms with Crippen LogP contribution in [0.3, 0.4) is 0 Å². The fourth-order valence-corrected chi connectivity index (χ4v) is 2.37. The number of aromatic nitrogens is 2. The number of hydrogen-bond donors (Lipinski definition) is 1. The molecule has 2 heterocycles. The quantitative estimate of drug-likeness (QED) is 0.904. The maximum absolute atomic E-state index is 12.3. The van der Waals surface area contributed by atoms with E-state index in [0.717, 1.165) is 5.69 Å². The van der Waals surface area contributed by atoms with Gasteiger partial charge in [-0.05, 0) is 25.3 Å². The molecule has 17 heavy (non-hydrogen) atoms. The van der Waals surface area contributed by atoms with E-state index in [4.69, 9.17) is 0 Å². The molecular weight excluding hydrogens is 234 g/mol. The Morgan fingerprint density at radius 2 is 2.41 bits per heavy atom. The number of amides is 1. The number of carbonyl (C=O) groups is 1. The minimum atomic E-state index is 0.0344. The first kappa shape index (κ1) is 11.9. The molecule has 2 rings (SSSR count). The molecule has 4 nitrogen and oxygen atoms in total. The van der Waals surface area contributed by atoms with E-state index in [2.05, 4.69) is 10.2 Å². The Labute approximate surface area is 104 Å². The first-order valence-corrected chi connectivity index (χ1v) is 6.42. The fraction of sp³-hybridized carbons (Fsp3) is 0.333. The van der Waals surface area contributed by atoms with Crippen molar-refractivity contribution in [2.24, 2.45) is 0 Å². The number of carbonyl (C=O) groups excluding carboxylic acids is 1. The molecule has 0 unspecified atom stereocenters. The maximum atomic E-state index is 12.3. The fourth-order valence-electron chi connectivity index (χ4n) is 1.65. The number of aryl methyl sites for hydroxylation is 1. The second-order valence-electron chi connectivity index (χ2n) is 3.81. The van der Waals surface area contributed by atoms with Gasteiger partial charge in [-0.3, -0.25) is 9.89 Å². The van der Waals surface area contributed by atoms with Crippen LogP contribution in [0.2, 0.25) is 0 Å². The van der Waals surface area contributed by atoms with Gasteiger partial charge >= 0.3 is 0 Å². The van der Waals surface area contributed by atoms with E-state index in [1.54, 1.807) is 17.5 Å². The largest absolute Gasteiger partial charge is 0.334 e.